The molecule has 0 bridgehead atoms. The van der Waals surface area contributed by atoms with E-state index in [1.54, 1.807) is 4.68 Å². The lowest BCUT2D eigenvalue weighted by Crippen LogP contribution is -2.22. The zero-order valence-electron chi connectivity index (χ0n) is 11.9. The Morgan fingerprint density at radius 2 is 2.21 bits per heavy atom. The van der Waals surface area contributed by atoms with Crippen LogP contribution in [-0.4, -0.2) is 28.1 Å². The van der Waals surface area contributed by atoms with E-state index in [4.69, 9.17) is 0 Å². The molecule has 102 valence electrons. The number of rotatable bonds is 6. The largest absolute Gasteiger partial charge is 0.316 e. The van der Waals surface area contributed by atoms with Crippen LogP contribution in [0, 0.1) is 6.92 Å². The van der Waals surface area contributed by atoms with Gasteiger partial charge in [-0.05, 0) is 19.0 Å². The fourth-order valence-electron chi connectivity index (χ4n) is 2.29. The molecule has 1 aromatic carbocycles. The first-order valence-electron chi connectivity index (χ1n) is 6.81. The SMILES string of the molecule is CCNCC(Cc1cn(C)nn1)c1cccc(C)c1. The number of likely N-dealkylation sites (N-methyl/N-ethyl adjacent to an activating group) is 1. The monoisotopic (exact) mass is 258 g/mol. The van der Waals surface area contributed by atoms with Crippen molar-refractivity contribution in [2.24, 2.45) is 7.05 Å². The Labute approximate surface area is 114 Å². The minimum Gasteiger partial charge on any atom is -0.316 e. The van der Waals surface area contributed by atoms with Gasteiger partial charge in [0.05, 0.1) is 5.69 Å². The van der Waals surface area contributed by atoms with Crippen molar-refractivity contribution in [1.29, 1.82) is 0 Å². The van der Waals surface area contributed by atoms with Gasteiger partial charge < -0.3 is 5.32 Å². The van der Waals surface area contributed by atoms with Crippen LogP contribution < -0.4 is 5.32 Å². The van der Waals surface area contributed by atoms with E-state index in [1.807, 2.05) is 13.2 Å². The summed E-state index contributed by atoms with van der Waals surface area (Å²) in [5.74, 6) is 0.441. The zero-order chi connectivity index (χ0) is 13.7. The van der Waals surface area contributed by atoms with Crippen LogP contribution in [0.1, 0.15) is 29.7 Å². The third kappa shape index (κ3) is 3.89. The molecule has 0 fully saturated rings. The number of hydrogen-bond acceptors (Lipinski definition) is 3. The number of nitrogens with zero attached hydrogens (tertiary/aromatic N) is 3. The molecule has 4 heteroatoms. The van der Waals surface area contributed by atoms with Gasteiger partial charge in [-0.15, -0.1) is 5.10 Å². The Hall–Kier alpha value is -1.68. The molecular formula is C15H22N4. The molecule has 4 nitrogen and oxygen atoms in total. The molecule has 0 saturated carbocycles. The van der Waals surface area contributed by atoms with E-state index in [9.17, 15) is 0 Å². The third-order valence-corrected chi connectivity index (χ3v) is 3.26. The van der Waals surface area contributed by atoms with Crippen molar-refractivity contribution in [1.82, 2.24) is 20.3 Å². The van der Waals surface area contributed by atoms with Gasteiger partial charge in [0, 0.05) is 32.1 Å². The van der Waals surface area contributed by atoms with Gasteiger partial charge in [-0.25, -0.2) is 0 Å². The van der Waals surface area contributed by atoms with Crippen molar-refractivity contribution in [2.75, 3.05) is 13.1 Å². The average Bonchev–Trinajstić information content (AvgIpc) is 2.80. The first-order valence-corrected chi connectivity index (χ1v) is 6.81. The molecule has 2 rings (SSSR count). The maximum absolute atomic E-state index is 4.20. The molecule has 1 atom stereocenters. The summed E-state index contributed by atoms with van der Waals surface area (Å²) in [5.41, 5.74) is 3.72. The lowest BCUT2D eigenvalue weighted by molar-refractivity contribution is 0.588. The maximum atomic E-state index is 4.20. The van der Waals surface area contributed by atoms with Crippen molar-refractivity contribution in [2.45, 2.75) is 26.2 Å². The maximum Gasteiger partial charge on any atom is 0.0833 e. The van der Waals surface area contributed by atoms with Gasteiger partial charge in [-0.1, -0.05) is 42.0 Å². The van der Waals surface area contributed by atoms with Crippen LogP contribution in [0.15, 0.2) is 30.5 Å². The predicted octanol–water partition coefficient (Wildman–Crippen LogP) is 2.06. The van der Waals surface area contributed by atoms with Crippen LogP contribution in [0.3, 0.4) is 0 Å². The fourth-order valence-corrected chi connectivity index (χ4v) is 2.29. The Kier molecular flexibility index (Phi) is 4.68. The molecule has 1 heterocycles. The summed E-state index contributed by atoms with van der Waals surface area (Å²) in [4.78, 5) is 0. The number of aromatic nitrogens is 3. The van der Waals surface area contributed by atoms with Crippen molar-refractivity contribution < 1.29 is 0 Å². The topological polar surface area (TPSA) is 42.7 Å². The highest BCUT2D eigenvalue weighted by Gasteiger charge is 2.14. The summed E-state index contributed by atoms with van der Waals surface area (Å²) in [5, 5.41) is 11.6. The molecule has 0 spiro atoms. The average molecular weight is 258 g/mol. The van der Waals surface area contributed by atoms with E-state index in [0.29, 0.717) is 5.92 Å². The van der Waals surface area contributed by atoms with Crippen LogP contribution in [0.25, 0.3) is 0 Å². The van der Waals surface area contributed by atoms with Crippen LogP contribution in [0.5, 0.6) is 0 Å². The van der Waals surface area contributed by atoms with E-state index in [2.05, 4.69) is 53.7 Å². The highest BCUT2D eigenvalue weighted by molar-refractivity contribution is 5.26. The Morgan fingerprint density at radius 3 is 2.84 bits per heavy atom. The van der Waals surface area contributed by atoms with Crippen molar-refractivity contribution in [3.8, 4) is 0 Å². The normalized spacial score (nSPS) is 12.6. The first kappa shape index (κ1) is 13.7. The van der Waals surface area contributed by atoms with Crippen LogP contribution >= 0.6 is 0 Å². The van der Waals surface area contributed by atoms with Crippen LogP contribution in [0.4, 0.5) is 0 Å². The highest BCUT2D eigenvalue weighted by Crippen LogP contribution is 2.20. The molecule has 1 aromatic heterocycles. The predicted molar refractivity (Wildman–Crippen MR) is 77.2 cm³/mol. The number of aryl methyl sites for hydroxylation is 2. The third-order valence-electron chi connectivity index (χ3n) is 3.26. The molecule has 0 aliphatic rings. The van der Waals surface area contributed by atoms with Crippen LogP contribution in [0.2, 0.25) is 0 Å². The minimum atomic E-state index is 0.441. The van der Waals surface area contributed by atoms with Gasteiger partial charge in [0.1, 0.15) is 0 Å². The lowest BCUT2D eigenvalue weighted by Gasteiger charge is -2.17. The molecule has 0 radical (unpaired) electrons. The van der Waals surface area contributed by atoms with Gasteiger partial charge in [-0.3, -0.25) is 4.68 Å². The summed E-state index contributed by atoms with van der Waals surface area (Å²) < 4.78 is 1.76. The number of nitrogens with one attached hydrogen (secondary N) is 1. The van der Waals surface area contributed by atoms with Gasteiger partial charge in [0.25, 0.3) is 0 Å². The second-order valence-corrected chi connectivity index (χ2v) is 5.01. The minimum absolute atomic E-state index is 0.441. The second kappa shape index (κ2) is 6.48. The summed E-state index contributed by atoms with van der Waals surface area (Å²) in [6, 6.07) is 8.72. The Bertz CT molecular complexity index is 518. The second-order valence-electron chi connectivity index (χ2n) is 5.01. The van der Waals surface area contributed by atoms with Crippen molar-refractivity contribution in [3.63, 3.8) is 0 Å². The smallest absolute Gasteiger partial charge is 0.0833 e. The molecule has 0 saturated heterocycles. The van der Waals surface area contributed by atoms with Gasteiger partial charge in [0.2, 0.25) is 0 Å². The van der Waals surface area contributed by atoms with Crippen molar-refractivity contribution >= 4 is 0 Å². The molecule has 0 amide bonds. The number of hydrogen-bond donors (Lipinski definition) is 1. The standard InChI is InChI=1S/C15H22N4/c1-4-16-10-14(9-15-11-19(3)18-17-15)13-7-5-6-12(2)8-13/h5-8,11,14,16H,4,9-10H2,1-3H3. The van der Waals surface area contributed by atoms with E-state index in [-0.39, 0.29) is 0 Å². The quantitative estimate of drug-likeness (QED) is 0.862. The molecular weight excluding hydrogens is 236 g/mol. The Balaban J connectivity index is 2.15. The Morgan fingerprint density at radius 1 is 1.37 bits per heavy atom. The van der Waals surface area contributed by atoms with Gasteiger partial charge in [-0.2, -0.15) is 0 Å². The lowest BCUT2D eigenvalue weighted by atomic mass is 9.93. The van der Waals surface area contributed by atoms with Crippen LogP contribution in [-0.2, 0) is 13.5 Å². The number of benzene rings is 1. The van der Waals surface area contributed by atoms with E-state index < -0.39 is 0 Å². The molecule has 1 N–H and O–H groups in total. The summed E-state index contributed by atoms with van der Waals surface area (Å²) >= 11 is 0. The van der Waals surface area contributed by atoms with Crippen molar-refractivity contribution in [3.05, 3.63) is 47.3 Å². The highest BCUT2D eigenvalue weighted by atomic mass is 15.4. The zero-order valence-corrected chi connectivity index (χ0v) is 11.9. The molecule has 19 heavy (non-hydrogen) atoms. The molecule has 0 aliphatic heterocycles. The van der Waals surface area contributed by atoms with E-state index >= 15 is 0 Å². The fraction of sp³-hybridized carbons (Fsp3) is 0.467. The van der Waals surface area contributed by atoms with E-state index in [1.165, 1.54) is 11.1 Å². The summed E-state index contributed by atoms with van der Waals surface area (Å²) in [6.45, 7) is 6.23. The van der Waals surface area contributed by atoms with Gasteiger partial charge >= 0.3 is 0 Å². The van der Waals surface area contributed by atoms with Gasteiger partial charge in [0.15, 0.2) is 0 Å². The first-order chi connectivity index (χ1) is 9.19. The van der Waals surface area contributed by atoms with E-state index in [0.717, 1.165) is 25.2 Å². The summed E-state index contributed by atoms with van der Waals surface area (Å²) in [6.07, 6.45) is 2.92. The summed E-state index contributed by atoms with van der Waals surface area (Å²) in [7, 11) is 1.91. The molecule has 2 aromatic rings. The molecule has 0 aliphatic carbocycles. The molecule has 1 unspecified atom stereocenters.